The number of rotatable bonds is 3. The summed E-state index contributed by atoms with van der Waals surface area (Å²) in [6.45, 7) is 7.04. The Balaban J connectivity index is 1.64. The van der Waals surface area contributed by atoms with E-state index in [2.05, 4.69) is 36.4 Å². The molecule has 1 amide bonds. The molecule has 2 unspecified atom stereocenters. The Hall–Kier alpha value is -1.75. The highest BCUT2D eigenvalue weighted by Crippen LogP contribution is 2.46. The lowest BCUT2D eigenvalue weighted by Gasteiger charge is -2.36. The maximum absolute atomic E-state index is 12.7. The third-order valence-electron chi connectivity index (χ3n) is 5.99. The summed E-state index contributed by atoms with van der Waals surface area (Å²) >= 11 is 1.79. The van der Waals surface area contributed by atoms with Gasteiger partial charge >= 0.3 is 0 Å². The van der Waals surface area contributed by atoms with Crippen LogP contribution in [0, 0.1) is 11.3 Å². The molecule has 5 heteroatoms. The molecule has 1 aliphatic heterocycles. The fourth-order valence-electron chi connectivity index (χ4n) is 3.93. The van der Waals surface area contributed by atoms with Crippen LogP contribution in [0.4, 0.5) is 5.00 Å². The van der Waals surface area contributed by atoms with E-state index in [4.69, 9.17) is 0 Å². The highest BCUT2D eigenvalue weighted by atomic mass is 32.1. The second-order valence-electron chi connectivity index (χ2n) is 7.67. The zero-order valence-electron chi connectivity index (χ0n) is 14.5. The fraction of sp³-hybridized carbons (Fsp3) is 0.526. The molecule has 2 atom stereocenters. The number of nitrogens with one attached hydrogen (secondary N) is 3. The van der Waals surface area contributed by atoms with Crippen molar-refractivity contribution in [2.24, 2.45) is 11.3 Å². The predicted octanol–water partition coefficient (Wildman–Crippen LogP) is 4.47. The molecule has 0 aromatic carbocycles. The number of hydrogen-bond acceptors (Lipinski definition) is 3. The Morgan fingerprint density at radius 3 is 2.88 bits per heavy atom. The van der Waals surface area contributed by atoms with E-state index in [0.717, 1.165) is 29.1 Å². The Morgan fingerprint density at radius 2 is 2.17 bits per heavy atom. The monoisotopic (exact) mass is 343 g/mol. The van der Waals surface area contributed by atoms with E-state index in [1.807, 2.05) is 18.3 Å². The van der Waals surface area contributed by atoms with Gasteiger partial charge in [-0.3, -0.25) is 4.79 Å². The highest BCUT2D eigenvalue weighted by Gasteiger charge is 2.37. The van der Waals surface area contributed by atoms with Gasteiger partial charge in [0, 0.05) is 11.1 Å². The van der Waals surface area contributed by atoms with Crippen molar-refractivity contribution in [2.45, 2.75) is 52.6 Å². The Bertz CT molecular complexity index is 760. The van der Waals surface area contributed by atoms with Crippen molar-refractivity contribution in [2.75, 3.05) is 5.32 Å². The first-order chi connectivity index (χ1) is 11.5. The van der Waals surface area contributed by atoms with Gasteiger partial charge in [0.05, 0.1) is 11.3 Å². The van der Waals surface area contributed by atoms with Gasteiger partial charge in [-0.05, 0) is 48.3 Å². The van der Waals surface area contributed by atoms with E-state index in [1.54, 1.807) is 11.3 Å². The van der Waals surface area contributed by atoms with E-state index in [0.29, 0.717) is 11.3 Å². The van der Waals surface area contributed by atoms with Gasteiger partial charge in [-0.15, -0.1) is 11.3 Å². The SMILES string of the molecule is CCC(C)(C)C1CCc2c(sc3c2C(=O)NC(c2ccc[nH]2)N3)C1. The van der Waals surface area contributed by atoms with Crippen LogP contribution in [0.25, 0.3) is 0 Å². The number of aromatic amines is 1. The summed E-state index contributed by atoms with van der Waals surface area (Å²) in [5.74, 6) is 0.770. The van der Waals surface area contributed by atoms with Gasteiger partial charge < -0.3 is 15.6 Å². The van der Waals surface area contributed by atoms with E-state index < -0.39 is 0 Å². The molecule has 0 radical (unpaired) electrons. The molecule has 0 fully saturated rings. The van der Waals surface area contributed by atoms with Crippen molar-refractivity contribution in [1.29, 1.82) is 0 Å². The normalized spacial score (nSPS) is 23.2. The molecule has 3 heterocycles. The van der Waals surface area contributed by atoms with Crippen molar-refractivity contribution < 1.29 is 4.79 Å². The fourth-order valence-corrected chi connectivity index (χ4v) is 5.29. The first-order valence-corrected chi connectivity index (χ1v) is 9.66. The number of amides is 1. The van der Waals surface area contributed by atoms with Gasteiger partial charge in [0.25, 0.3) is 5.91 Å². The number of hydrogen-bond donors (Lipinski definition) is 3. The molecule has 1 aliphatic carbocycles. The van der Waals surface area contributed by atoms with E-state index in [9.17, 15) is 4.79 Å². The van der Waals surface area contributed by atoms with Crippen molar-refractivity contribution in [1.82, 2.24) is 10.3 Å². The van der Waals surface area contributed by atoms with E-state index in [1.165, 1.54) is 23.3 Å². The lowest BCUT2D eigenvalue weighted by Crippen LogP contribution is -2.38. The van der Waals surface area contributed by atoms with Crippen molar-refractivity contribution in [3.8, 4) is 0 Å². The molecule has 4 nitrogen and oxygen atoms in total. The van der Waals surface area contributed by atoms with Crippen LogP contribution in [0.15, 0.2) is 18.3 Å². The molecule has 128 valence electrons. The molecule has 3 N–H and O–H groups in total. The van der Waals surface area contributed by atoms with Crippen LogP contribution in [0.2, 0.25) is 0 Å². The molecule has 24 heavy (non-hydrogen) atoms. The second kappa shape index (κ2) is 5.66. The summed E-state index contributed by atoms with van der Waals surface area (Å²) in [5.41, 5.74) is 3.54. The summed E-state index contributed by atoms with van der Waals surface area (Å²) < 4.78 is 0. The summed E-state index contributed by atoms with van der Waals surface area (Å²) in [6, 6.07) is 3.95. The van der Waals surface area contributed by atoms with Gasteiger partial charge in [0.1, 0.15) is 11.2 Å². The van der Waals surface area contributed by atoms with E-state index in [-0.39, 0.29) is 12.1 Å². The molecule has 2 aromatic heterocycles. The van der Waals surface area contributed by atoms with Crippen LogP contribution in [0.5, 0.6) is 0 Å². The zero-order chi connectivity index (χ0) is 16.9. The topological polar surface area (TPSA) is 56.9 Å². The van der Waals surface area contributed by atoms with Crippen LogP contribution >= 0.6 is 11.3 Å². The van der Waals surface area contributed by atoms with Gasteiger partial charge in [-0.25, -0.2) is 0 Å². The van der Waals surface area contributed by atoms with Gasteiger partial charge in [-0.2, -0.15) is 0 Å². The largest absolute Gasteiger partial charge is 0.362 e. The first kappa shape index (κ1) is 15.8. The Morgan fingerprint density at radius 1 is 1.33 bits per heavy atom. The minimum Gasteiger partial charge on any atom is -0.362 e. The van der Waals surface area contributed by atoms with Crippen molar-refractivity contribution in [3.05, 3.63) is 40.0 Å². The van der Waals surface area contributed by atoms with Crippen LogP contribution in [0.3, 0.4) is 0 Å². The number of carbonyl (C=O) groups excluding carboxylic acids is 1. The minimum absolute atomic E-state index is 0.0639. The van der Waals surface area contributed by atoms with Crippen LogP contribution in [-0.4, -0.2) is 10.9 Å². The molecular weight excluding hydrogens is 318 g/mol. The summed E-state index contributed by atoms with van der Waals surface area (Å²) in [4.78, 5) is 17.3. The minimum atomic E-state index is -0.164. The molecular formula is C19H25N3OS. The lowest BCUT2D eigenvalue weighted by atomic mass is 9.69. The van der Waals surface area contributed by atoms with Crippen LogP contribution < -0.4 is 10.6 Å². The predicted molar refractivity (Wildman–Crippen MR) is 98.5 cm³/mol. The molecule has 0 saturated carbocycles. The molecule has 4 rings (SSSR count). The average Bonchev–Trinajstić information content (AvgIpc) is 3.21. The average molecular weight is 343 g/mol. The third-order valence-corrected chi connectivity index (χ3v) is 7.18. The van der Waals surface area contributed by atoms with Gasteiger partial charge in [0.15, 0.2) is 0 Å². The number of anilines is 1. The molecule has 0 saturated heterocycles. The number of carbonyl (C=O) groups is 1. The van der Waals surface area contributed by atoms with Crippen LogP contribution in [0.1, 0.15) is 66.3 Å². The molecule has 2 aliphatic rings. The third kappa shape index (κ3) is 2.46. The number of aromatic nitrogens is 1. The summed E-state index contributed by atoms with van der Waals surface area (Å²) in [6.07, 6.45) is 6.24. The maximum Gasteiger partial charge on any atom is 0.256 e. The smallest absolute Gasteiger partial charge is 0.256 e. The summed E-state index contributed by atoms with van der Waals surface area (Å²) in [5, 5.41) is 7.64. The number of fused-ring (bicyclic) bond motifs is 3. The number of H-pyrrole nitrogens is 1. The Labute approximate surface area is 147 Å². The molecule has 2 aromatic rings. The van der Waals surface area contributed by atoms with Crippen LogP contribution in [-0.2, 0) is 12.8 Å². The Kier molecular flexibility index (Phi) is 3.71. The summed E-state index contributed by atoms with van der Waals surface area (Å²) in [7, 11) is 0. The zero-order valence-corrected chi connectivity index (χ0v) is 15.3. The molecule has 0 bridgehead atoms. The quantitative estimate of drug-likeness (QED) is 0.770. The van der Waals surface area contributed by atoms with E-state index >= 15 is 0 Å². The number of thiophene rings is 1. The van der Waals surface area contributed by atoms with Gasteiger partial charge in [-0.1, -0.05) is 27.2 Å². The van der Waals surface area contributed by atoms with Crippen molar-refractivity contribution >= 4 is 22.2 Å². The standard InChI is InChI=1S/C19H25N3OS/c1-4-19(2,3)11-7-8-12-14(10-11)24-18-15(12)17(23)21-16(22-18)13-6-5-9-20-13/h5-6,9,11,16,20,22H,4,7-8,10H2,1-3H3,(H,21,23). The van der Waals surface area contributed by atoms with Gasteiger partial charge in [0.2, 0.25) is 0 Å². The second-order valence-corrected chi connectivity index (χ2v) is 8.77. The maximum atomic E-state index is 12.7. The lowest BCUT2D eigenvalue weighted by molar-refractivity contribution is 0.0934. The first-order valence-electron chi connectivity index (χ1n) is 8.85. The molecule has 0 spiro atoms. The van der Waals surface area contributed by atoms with Crippen molar-refractivity contribution in [3.63, 3.8) is 0 Å². The highest BCUT2D eigenvalue weighted by molar-refractivity contribution is 7.16.